The maximum Gasteiger partial charge on any atom is 0.326 e. The highest BCUT2D eigenvalue weighted by atomic mass is 16.6. The lowest BCUT2D eigenvalue weighted by molar-refractivity contribution is -0.141. The van der Waals surface area contributed by atoms with E-state index in [0.717, 1.165) is 6.26 Å². The van der Waals surface area contributed by atoms with Crippen molar-refractivity contribution < 1.29 is 29.3 Å². The Balaban J connectivity index is 2.02. The van der Waals surface area contributed by atoms with Crippen molar-refractivity contribution in [3.05, 3.63) is 41.9 Å². The largest absolute Gasteiger partial charge is 0.508 e. The van der Waals surface area contributed by atoms with Crippen LogP contribution in [0.25, 0.3) is 0 Å². The molecule has 0 unspecified atom stereocenters. The maximum absolute atomic E-state index is 11.9. The number of carboxylic acid groups (broad SMARTS) is 1. The SMILES string of the molecule is O=C(N[C@H](Cc1ccc(O)cc1)C(=O)O)C1=COCCO1. The highest BCUT2D eigenvalue weighted by Gasteiger charge is 2.24. The quantitative estimate of drug-likeness (QED) is 0.725. The van der Waals surface area contributed by atoms with Crippen LogP contribution >= 0.6 is 0 Å². The summed E-state index contributed by atoms with van der Waals surface area (Å²) < 4.78 is 10.0. The first-order valence-electron chi connectivity index (χ1n) is 6.32. The van der Waals surface area contributed by atoms with Crippen LogP contribution in [0.15, 0.2) is 36.3 Å². The van der Waals surface area contributed by atoms with E-state index < -0.39 is 17.9 Å². The van der Waals surface area contributed by atoms with E-state index in [1.807, 2.05) is 0 Å². The molecule has 0 fully saturated rings. The summed E-state index contributed by atoms with van der Waals surface area (Å²) in [4.78, 5) is 23.1. The topological polar surface area (TPSA) is 105 Å². The normalized spacial score (nSPS) is 15.1. The van der Waals surface area contributed by atoms with Crippen molar-refractivity contribution in [1.82, 2.24) is 5.32 Å². The van der Waals surface area contributed by atoms with Gasteiger partial charge in [0, 0.05) is 6.42 Å². The van der Waals surface area contributed by atoms with Crippen molar-refractivity contribution in [3.8, 4) is 5.75 Å². The molecule has 3 N–H and O–H groups in total. The number of aromatic hydroxyl groups is 1. The predicted molar refractivity (Wildman–Crippen MR) is 71.4 cm³/mol. The van der Waals surface area contributed by atoms with Crippen LogP contribution in [0.1, 0.15) is 5.56 Å². The second kappa shape index (κ2) is 6.65. The average molecular weight is 293 g/mol. The third kappa shape index (κ3) is 4.13. The first kappa shape index (κ1) is 14.7. The van der Waals surface area contributed by atoms with Gasteiger partial charge in [0.1, 0.15) is 31.3 Å². The van der Waals surface area contributed by atoms with E-state index in [2.05, 4.69) is 5.32 Å². The Morgan fingerprint density at radius 3 is 2.52 bits per heavy atom. The number of carbonyl (C=O) groups excluding carboxylic acids is 1. The number of phenolic OH excluding ortho intramolecular Hbond substituents is 1. The Bertz CT molecular complexity index is 551. The number of hydrogen-bond acceptors (Lipinski definition) is 5. The number of nitrogens with one attached hydrogen (secondary N) is 1. The minimum Gasteiger partial charge on any atom is -0.508 e. The van der Waals surface area contributed by atoms with Crippen LogP contribution < -0.4 is 5.32 Å². The lowest BCUT2D eigenvalue weighted by Crippen LogP contribution is -2.43. The van der Waals surface area contributed by atoms with Gasteiger partial charge < -0.3 is 25.0 Å². The second-order valence-electron chi connectivity index (χ2n) is 4.44. The fourth-order valence-corrected chi connectivity index (χ4v) is 1.78. The van der Waals surface area contributed by atoms with E-state index in [0.29, 0.717) is 12.2 Å². The van der Waals surface area contributed by atoms with E-state index in [-0.39, 0.29) is 24.5 Å². The first-order chi connectivity index (χ1) is 10.1. The van der Waals surface area contributed by atoms with E-state index in [1.165, 1.54) is 12.1 Å². The van der Waals surface area contributed by atoms with Crippen molar-refractivity contribution in [3.63, 3.8) is 0 Å². The van der Waals surface area contributed by atoms with Crippen LogP contribution in [0.3, 0.4) is 0 Å². The molecule has 1 aliphatic rings. The van der Waals surface area contributed by atoms with Crippen LogP contribution in [0.5, 0.6) is 5.75 Å². The number of hydrogen-bond donors (Lipinski definition) is 3. The molecule has 1 aromatic rings. The van der Waals surface area contributed by atoms with Gasteiger partial charge in [-0.25, -0.2) is 4.79 Å². The van der Waals surface area contributed by atoms with Gasteiger partial charge in [0.05, 0.1) is 0 Å². The molecule has 7 heteroatoms. The second-order valence-corrected chi connectivity index (χ2v) is 4.44. The van der Waals surface area contributed by atoms with E-state index >= 15 is 0 Å². The number of carboxylic acids is 1. The summed E-state index contributed by atoms with van der Waals surface area (Å²) in [5.41, 5.74) is 0.676. The molecule has 7 nitrogen and oxygen atoms in total. The molecule has 21 heavy (non-hydrogen) atoms. The summed E-state index contributed by atoms with van der Waals surface area (Å²) in [6, 6.07) is 5.00. The molecule has 112 valence electrons. The summed E-state index contributed by atoms with van der Waals surface area (Å²) in [5, 5.41) is 20.7. The molecule has 0 spiro atoms. The molecule has 0 saturated heterocycles. The number of benzene rings is 1. The molecule has 0 aromatic heterocycles. The standard InChI is InChI=1S/C14H15NO6/c16-10-3-1-9(2-4-10)7-11(14(18)19)15-13(17)12-8-20-5-6-21-12/h1-4,8,11,16H,5-7H2,(H,15,17)(H,18,19)/t11-/m1/s1. The van der Waals surface area contributed by atoms with Gasteiger partial charge in [0.15, 0.2) is 0 Å². The van der Waals surface area contributed by atoms with Crippen LogP contribution in [-0.2, 0) is 25.5 Å². The van der Waals surface area contributed by atoms with Gasteiger partial charge >= 0.3 is 5.97 Å². The van der Waals surface area contributed by atoms with Gasteiger partial charge in [-0.2, -0.15) is 0 Å². The molecule has 0 bridgehead atoms. The average Bonchev–Trinajstić information content (AvgIpc) is 2.49. The van der Waals surface area contributed by atoms with Crippen LogP contribution in [0.2, 0.25) is 0 Å². The Morgan fingerprint density at radius 2 is 1.95 bits per heavy atom. The van der Waals surface area contributed by atoms with Gasteiger partial charge in [0.2, 0.25) is 5.76 Å². The Hall–Kier alpha value is -2.70. The molecule has 2 rings (SSSR count). The molecule has 0 aliphatic carbocycles. The summed E-state index contributed by atoms with van der Waals surface area (Å²) in [5.74, 6) is -1.75. The van der Waals surface area contributed by atoms with E-state index in [1.54, 1.807) is 12.1 Å². The molecule has 1 amide bonds. The Morgan fingerprint density at radius 1 is 1.24 bits per heavy atom. The summed E-state index contributed by atoms with van der Waals surface area (Å²) in [6.07, 6.45) is 1.26. The van der Waals surface area contributed by atoms with Crippen molar-refractivity contribution in [2.75, 3.05) is 13.2 Å². The third-order valence-corrected chi connectivity index (χ3v) is 2.85. The maximum atomic E-state index is 11.9. The minimum absolute atomic E-state index is 0.0433. The van der Waals surface area contributed by atoms with Crippen molar-refractivity contribution in [1.29, 1.82) is 0 Å². The summed E-state index contributed by atoms with van der Waals surface area (Å²) in [7, 11) is 0. The van der Waals surface area contributed by atoms with E-state index in [4.69, 9.17) is 9.47 Å². The summed E-state index contributed by atoms with van der Waals surface area (Å²) in [6.45, 7) is 0.599. The van der Waals surface area contributed by atoms with Gasteiger partial charge in [0.25, 0.3) is 5.91 Å². The Labute approximate surface area is 120 Å². The highest BCUT2D eigenvalue weighted by molar-refractivity contribution is 5.94. The first-order valence-corrected chi connectivity index (χ1v) is 6.32. The molecule has 1 aromatic carbocycles. The van der Waals surface area contributed by atoms with Gasteiger partial charge in [-0.05, 0) is 17.7 Å². The lowest BCUT2D eigenvalue weighted by Gasteiger charge is -2.18. The van der Waals surface area contributed by atoms with Gasteiger partial charge in [-0.3, -0.25) is 4.79 Å². The molecular formula is C14H15NO6. The number of carbonyl (C=O) groups is 2. The van der Waals surface area contributed by atoms with Crippen LogP contribution in [0, 0.1) is 0 Å². The Kier molecular flexibility index (Phi) is 4.65. The molecular weight excluding hydrogens is 278 g/mol. The highest BCUT2D eigenvalue weighted by Crippen LogP contribution is 2.12. The van der Waals surface area contributed by atoms with Crippen LogP contribution in [0.4, 0.5) is 0 Å². The number of rotatable bonds is 5. The van der Waals surface area contributed by atoms with Crippen LogP contribution in [-0.4, -0.2) is 41.3 Å². The van der Waals surface area contributed by atoms with Crippen molar-refractivity contribution in [2.24, 2.45) is 0 Å². The minimum atomic E-state index is -1.16. The number of aliphatic carboxylic acids is 1. The monoisotopic (exact) mass is 293 g/mol. The molecule has 0 saturated carbocycles. The molecule has 1 heterocycles. The van der Waals surface area contributed by atoms with Gasteiger partial charge in [-0.15, -0.1) is 0 Å². The lowest BCUT2D eigenvalue weighted by atomic mass is 10.1. The zero-order valence-corrected chi connectivity index (χ0v) is 11.1. The molecule has 1 aliphatic heterocycles. The fourth-order valence-electron chi connectivity index (χ4n) is 1.78. The van der Waals surface area contributed by atoms with Crippen molar-refractivity contribution in [2.45, 2.75) is 12.5 Å². The number of amides is 1. The zero-order chi connectivity index (χ0) is 15.2. The number of phenols is 1. The molecule has 1 atom stereocenters. The summed E-state index contributed by atoms with van der Waals surface area (Å²) >= 11 is 0. The number of ether oxygens (including phenoxy) is 2. The fraction of sp³-hybridized carbons (Fsp3) is 0.286. The van der Waals surface area contributed by atoms with Crippen molar-refractivity contribution >= 4 is 11.9 Å². The van der Waals surface area contributed by atoms with E-state index in [9.17, 15) is 19.8 Å². The van der Waals surface area contributed by atoms with Gasteiger partial charge in [-0.1, -0.05) is 12.1 Å². The third-order valence-electron chi connectivity index (χ3n) is 2.85. The zero-order valence-electron chi connectivity index (χ0n) is 11.1. The smallest absolute Gasteiger partial charge is 0.326 e. The predicted octanol–water partition coefficient (Wildman–Crippen LogP) is 0.392. The molecule has 0 radical (unpaired) electrons.